The molecule has 0 saturated heterocycles. The van der Waals surface area contributed by atoms with Crippen molar-refractivity contribution in [1.82, 2.24) is 0 Å². The third-order valence-corrected chi connectivity index (χ3v) is 3.75. The van der Waals surface area contributed by atoms with Crippen LogP contribution >= 0.6 is 0 Å². The molecular weight excluding hydrogens is 417 g/mol. The van der Waals surface area contributed by atoms with Gasteiger partial charge in [0.15, 0.2) is 13.7 Å². The zero-order valence-corrected chi connectivity index (χ0v) is 11.6. The molecule has 0 spiro atoms. The lowest BCUT2D eigenvalue weighted by Gasteiger charge is -2.08. The highest BCUT2D eigenvalue weighted by molar-refractivity contribution is 7.86. The summed E-state index contributed by atoms with van der Waals surface area (Å²) >= 11 is -1.82. The van der Waals surface area contributed by atoms with Crippen molar-refractivity contribution in [3.63, 3.8) is 0 Å². The number of hydrogen-bond donors (Lipinski definition) is 0. The normalized spacial score (nSPS) is 12.6. The number of hydrogen-bond acceptors (Lipinski definition) is 3. The Hall–Kier alpha value is -0.560. The maximum Gasteiger partial charge on any atom is 0.609 e. The average molecular weight is 422 g/mol. The second kappa shape index (κ2) is 6.74. The van der Waals surface area contributed by atoms with Gasteiger partial charge in [-0.05, 0) is 12.1 Å². The lowest BCUT2D eigenvalue weighted by atomic mass is 10.4. The largest absolute Gasteiger partial charge is 0.741 e. The quantitative estimate of drug-likeness (QED) is 0.202. The molecule has 0 N–H and O–H groups in total. The van der Waals surface area contributed by atoms with Gasteiger partial charge in [0.05, 0.1) is 0 Å². The molecular formula is C8H5F6IO3S. The average Bonchev–Trinajstić information content (AvgIpc) is 2.14. The summed E-state index contributed by atoms with van der Waals surface area (Å²) in [6, 6.07) is 7.99. The van der Waals surface area contributed by atoms with E-state index in [0.29, 0.717) is 3.57 Å². The van der Waals surface area contributed by atoms with Crippen LogP contribution < -0.4 is 21.2 Å². The van der Waals surface area contributed by atoms with Gasteiger partial charge in [-0.15, -0.1) is 13.2 Å². The van der Waals surface area contributed by atoms with Crippen molar-refractivity contribution in [2.75, 3.05) is 0 Å². The van der Waals surface area contributed by atoms with Crippen LogP contribution in [0.3, 0.4) is 0 Å². The first-order valence-corrected chi connectivity index (χ1v) is 7.69. The van der Waals surface area contributed by atoms with E-state index in [4.69, 9.17) is 13.0 Å². The predicted octanol–water partition coefficient (Wildman–Crippen LogP) is -0.484. The molecule has 1 aromatic carbocycles. The molecule has 0 bridgehead atoms. The van der Waals surface area contributed by atoms with E-state index in [1.165, 1.54) is 12.1 Å². The van der Waals surface area contributed by atoms with Crippen LogP contribution in [0.15, 0.2) is 30.3 Å². The number of rotatable bonds is 1. The van der Waals surface area contributed by atoms with Crippen LogP contribution in [0.4, 0.5) is 26.3 Å². The summed E-state index contributed by atoms with van der Waals surface area (Å²) in [7, 11) is -6.09. The van der Waals surface area contributed by atoms with Gasteiger partial charge in [-0.3, -0.25) is 0 Å². The van der Waals surface area contributed by atoms with E-state index in [9.17, 15) is 26.3 Å². The van der Waals surface area contributed by atoms with E-state index in [1.54, 1.807) is 18.2 Å². The molecule has 3 nitrogen and oxygen atoms in total. The molecule has 19 heavy (non-hydrogen) atoms. The fourth-order valence-electron chi connectivity index (χ4n) is 0.601. The summed E-state index contributed by atoms with van der Waals surface area (Å²) in [5, 5.41) is 0. The van der Waals surface area contributed by atoms with Crippen molar-refractivity contribution in [3.05, 3.63) is 33.9 Å². The van der Waals surface area contributed by atoms with Crippen molar-refractivity contribution in [3.8, 4) is 0 Å². The summed E-state index contributed by atoms with van der Waals surface area (Å²) in [6.45, 7) is 0. The fraction of sp³-hybridized carbons (Fsp3) is 0.250. The molecule has 11 heteroatoms. The highest BCUT2D eigenvalue weighted by atomic mass is 127. The first kappa shape index (κ1) is 18.4. The van der Waals surface area contributed by atoms with Crippen molar-refractivity contribution < 1.29 is 60.5 Å². The monoisotopic (exact) mass is 422 g/mol. The van der Waals surface area contributed by atoms with Crippen LogP contribution in [0, 0.1) is 3.57 Å². The van der Waals surface area contributed by atoms with E-state index in [2.05, 4.69) is 0 Å². The van der Waals surface area contributed by atoms with Crippen molar-refractivity contribution >= 4 is 10.1 Å². The molecule has 0 amide bonds. The summed E-state index contributed by atoms with van der Waals surface area (Å²) in [4.78, 5) is 0. The highest BCUT2D eigenvalue weighted by Gasteiger charge is 2.47. The van der Waals surface area contributed by atoms with Crippen molar-refractivity contribution in [2.24, 2.45) is 0 Å². The minimum absolute atomic E-state index is 0.416. The van der Waals surface area contributed by atoms with E-state index in [1.807, 2.05) is 0 Å². The van der Waals surface area contributed by atoms with E-state index in [0.717, 1.165) is 0 Å². The molecule has 0 saturated carbocycles. The van der Waals surface area contributed by atoms with Gasteiger partial charge in [-0.25, -0.2) is 8.42 Å². The summed E-state index contributed by atoms with van der Waals surface area (Å²) in [6.07, 6.45) is 0. The smallest absolute Gasteiger partial charge is 0.609 e. The predicted molar refractivity (Wildman–Crippen MR) is 46.9 cm³/mol. The summed E-state index contributed by atoms with van der Waals surface area (Å²) in [5.74, 6) is 0. The van der Waals surface area contributed by atoms with E-state index < -0.39 is 41.0 Å². The Bertz CT molecular complexity index is 481. The Morgan fingerprint density at radius 1 is 0.947 bits per heavy atom. The maximum atomic E-state index is 11.8. The van der Waals surface area contributed by atoms with Gasteiger partial charge >= 0.3 is 30.9 Å². The second-order valence-electron chi connectivity index (χ2n) is 2.72. The SMILES string of the molecule is FC(F)(F)[I+]c1ccccc1.O=S(=O)([O-])C(F)(F)F. The minimum Gasteiger partial charge on any atom is -0.741 e. The van der Waals surface area contributed by atoms with Crippen LogP contribution in [0.5, 0.6) is 0 Å². The van der Waals surface area contributed by atoms with Crippen LogP contribution in [0.25, 0.3) is 0 Å². The maximum absolute atomic E-state index is 11.8. The summed E-state index contributed by atoms with van der Waals surface area (Å²) < 4.78 is 90.7. The first-order chi connectivity index (χ1) is 8.33. The van der Waals surface area contributed by atoms with Crippen LogP contribution in [-0.2, 0) is 10.1 Å². The molecule has 0 radical (unpaired) electrons. The fourth-order valence-corrected chi connectivity index (χ4v) is 2.08. The number of alkyl halides is 7. The Kier molecular flexibility index (Phi) is 6.54. The minimum atomic E-state index is -6.09. The highest BCUT2D eigenvalue weighted by Crippen LogP contribution is 2.20. The van der Waals surface area contributed by atoms with Crippen molar-refractivity contribution in [1.29, 1.82) is 0 Å². The summed E-state index contributed by atoms with van der Waals surface area (Å²) in [5.41, 5.74) is -5.65. The number of benzene rings is 1. The van der Waals surface area contributed by atoms with Gasteiger partial charge in [-0.1, -0.05) is 18.2 Å². The Morgan fingerprint density at radius 2 is 1.32 bits per heavy atom. The lowest BCUT2D eigenvalue weighted by molar-refractivity contribution is -0.793. The first-order valence-electron chi connectivity index (χ1n) is 4.13. The Labute approximate surface area is 114 Å². The molecule has 110 valence electrons. The van der Waals surface area contributed by atoms with Crippen LogP contribution in [0.1, 0.15) is 0 Å². The topological polar surface area (TPSA) is 57.2 Å². The molecule has 1 aromatic rings. The Balaban J connectivity index is 0.000000362. The van der Waals surface area contributed by atoms with Gasteiger partial charge in [0.1, 0.15) is 0 Å². The second-order valence-corrected chi connectivity index (χ2v) is 7.10. The van der Waals surface area contributed by atoms with Gasteiger partial charge in [0.2, 0.25) is 0 Å². The van der Waals surface area contributed by atoms with Gasteiger partial charge < -0.3 is 4.55 Å². The molecule has 0 atom stereocenters. The molecule has 0 heterocycles. The molecule has 0 aliphatic carbocycles. The zero-order chi connectivity index (χ0) is 15.3. The molecule has 1 rings (SSSR count). The number of halogens is 7. The third kappa shape index (κ3) is 9.04. The van der Waals surface area contributed by atoms with Crippen LogP contribution in [0.2, 0.25) is 0 Å². The van der Waals surface area contributed by atoms with Crippen molar-refractivity contribution in [2.45, 2.75) is 9.69 Å². The molecule has 0 aliphatic heterocycles. The lowest BCUT2D eigenvalue weighted by Crippen LogP contribution is -3.67. The standard InChI is InChI=1S/C7H5F3I.CHF3O3S/c8-7(9,10)11-6-4-2-1-3-5-6;2-1(3,4)8(5,6)7/h1-5H;(H,5,6,7)/q+1;/p-1. The Morgan fingerprint density at radius 3 is 1.58 bits per heavy atom. The van der Waals surface area contributed by atoms with Gasteiger partial charge in [0, 0.05) is 0 Å². The zero-order valence-electron chi connectivity index (χ0n) is 8.67. The van der Waals surface area contributed by atoms with Gasteiger partial charge in [-0.2, -0.15) is 13.2 Å². The third-order valence-electron chi connectivity index (χ3n) is 1.23. The molecule has 0 aromatic heterocycles. The molecule has 0 unspecified atom stereocenters. The van der Waals surface area contributed by atoms with Gasteiger partial charge in [0.25, 0.3) is 0 Å². The van der Waals surface area contributed by atoms with E-state index in [-0.39, 0.29) is 0 Å². The van der Waals surface area contributed by atoms with Crippen LogP contribution in [-0.4, -0.2) is 22.7 Å². The molecule has 0 aliphatic rings. The van der Waals surface area contributed by atoms with E-state index >= 15 is 0 Å². The molecule has 0 fully saturated rings.